The molecule has 1 rings (SSSR count). The molecule has 0 bridgehead atoms. The van der Waals surface area contributed by atoms with Gasteiger partial charge in [0.1, 0.15) is 15.2 Å². The monoisotopic (exact) mass is 302 g/mol. The van der Waals surface area contributed by atoms with Crippen molar-refractivity contribution in [2.45, 2.75) is 30.9 Å². The normalized spacial score (nSPS) is 12.3. The molecule has 0 spiro atoms. The maximum absolute atomic E-state index is 12.0. The third-order valence-corrected chi connectivity index (χ3v) is 5.59. The van der Waals surface area contributed by atoms with E-state index in [9.17, 15) is 8.42 Å². The molecule has 2 N–H and O–H groups in total. The molecule has 19 heavy (non-hydrogen) atoms. The molecule has 0 aromatic carbocycles. The Balaban J connectivity index is 2.68. The summed E-state index contributed by atoms with van der Waals surface area (Å²) >= 11 is 0.957. The van der Waals surface area contributed by atoms with Gasteiger partial charge in [0, 0.05) is 13.2 Å². The summed E-state index contributed by atoms with van der Waals surface area (Å²) in [7, 11) is -3.55. The summed E-state index contributed by atoms with van der Waals surface area (Å²) in [4.78, 5) is 0.375. The van der Waals surface area contributed by atoms with E-state index in [1.807, 2.05) is 19.9 Å². The maximum atomic E-state index is 12.0. The Hall–Kier alpha value is -0.940. The first-order valence-electron chi connectivity index (χ1n) is 5.91. The first-order chi connectivity index (χ1) is 8.80. The lowest BCUT2D eigenvalue weighted by Gasteiger charge is -2.24. The number of nitrogens with zero attached hydrogens (tertiary/aromatic N) is 1. The van der Waals surface area contributed by atoms with Crippen LogP contribution in [0.3, 0.4) is 0 Å². The highest BCUT2D eigenvalue weighted by Crippen LogP contribution is 2.24. The molecule has 0 saturated carbocycles. The summed E-state index contributed by atoms with van der Waals surface area (Å²) in [5.74, 6) is 0. The fourth-order valence-electron chi connectivity index (χ4n) is 1.53. The summed E-state index contributed by atoms with van der Waals surface area (Å²) in [5, 5.41) is 17.5. The molecule has 0 fully saturated rings. The van der Waals surface area contributed by atoms with E-state index in [1.54, 1.807) is 0 Å². The molecular weight excluding hydrogens is 284 g/mol. The van der Waals surface area contributed by atoms with Gasteiger partial charge < -0.3 is 5.11 Å². The standard InChI is InChI=1S/C12H18N2O3S2/c1-12(2,6-3-7-15)9-14-19(16,17)11-5-4-10(8-13)18-11/h4-5,14-15H,3,6-7,9H2,1-2H3. The zero-order valence-corrected chi connectivity index (χ0v) is 12.6. The molecule has 0 atom stereocenters. The van der Waals surface area contributed by atoms with Crippen molar-refractivity contribution in [1.82, 2.24) is 4.72 Å². The van der Waals surface area contributed by atoms with Crippen LogP contribution in [0.2, 0.25) is 0 Å². The van der Waals surface area contributed by atoms with Crippen molar-refractivity contribution in [1.29, 1.82) is 5.26 Å². The van der Waals surface area contributed by atoms with Crippen molar-refractivity contribution in [2.24, 2.45) is 5.41 Å². The highest BCUT2D eigenvalue weighted by molar-refractivity contribution is 7.91. The Bertz CT molecular complexity index is 556. The van der Waals surface area contributed by atoms with Gasteiger partial charge in [-0.1, -0.05) is 13.8 Å². The number of hydrogen-bond donors (Lipinski definition) is 2. The van der Waals surface area contributed by atoms with Gasteiger partial charge in [0.25, 0.3) is 0 Å². The highest BCUT2D eigenvalue weighted by Gasteiger charge is 2.23. The van der Waals surface area contributed by atoms with Crippen LogP contribution in [-0.2, 0) is 10.0 Å². The van der Waals surface area contributed by atoms with Crippen molar-refractivity contribution in [3.05, 3.63) is 17.0 Å². The molecule has 0 amide bonds. The zero-order chi connectivity index (χ0) is 14.5. The Morgan fingerprint density at radius 2 is 2.16 bits per heavy atom. The first-order valence-corrected chi connectivity index (χ1v) is 8.21. The Morgan fingerprint density at radius 1 is 1.47 bits per heavy atom. The maximum Gasteiger partial charge on any atom is 0.250 e. The third kappa shape index (κ3) is 4.91. The molecule has 1 aromatic rings. The average molecular weight is 302 g/mol. The molecule has 5 nitrogen and oxygen atoms in total. The van der Waals surface area contributed by atoms with Crippen molar-refractivity contribution < 1.29 is 13.5 Å². The number of hydrogen-bond acceptors (Lipinski definition) is 5. The molecule has 1 heterocycles. The van der Waals surface area contributed by atoms with Crippen molar-refractivity contribution in [2.75, 3.05) is 13.2 Å². The van der Waals surface area contributed by atoms with E-state index in [4.69, 9.17) is 10.4 Å². The van der Waals surface area contributed by atoms with Crippen LogP contribution in [0.1, 0.15) is 31.6 Å². The van der Waals surface area contributed by atoms with Gasteiger partial charge in [0.15, 0.2) is 0 Å². The van der Waals surface area contributed by atoms with Gasteiger partial charge in [-0.2, -0.15) is 5.26 Å². The lowest BCUT2D eigenvalue weighted by Crippen LogP contribution is -2.33. The minimum atomic E-state index is -3.55. The van der Waals surface area contributed by atoms with E-state index in [-0.39, 0.29) is 16.2 Å². The SMILES string of the molecule is CC(C)(CCCO)CNS(=O)(=O)c1ccc(C#N)s1. The molecule has 106 valence electrons. The van der Waals surface area contributed by atoms with Crippen LogP contribution in [0.25, 0.3) is 0 Å². The third-order valence-electron chi connectivity index (χ3n) is 2.71. The van der Waals surface area contributed by atoms with Gasteiger partial charge in [0.2, 0.25) is 10.0 Å². The number of nitrogens with one attached hydrogen (secondary N) is 1. The van der Waals surface area contributed by atoms with Gasteiger partial charge in [-0.3, -0.25) is 0 Å². The molecule has 0 aliphatic rings. The number of sulfonamides is 1. The first kappa shape index (κ1) is 16.1. The van der Waals surface area contributed by atoms with E-state index in [0.717, 1.165) is 17.8 Å². The van der Waals surface area contributed by atoms with Gasteiger partial charge in [0.05, 0.1) is 0 Å². The van der Waals surface area contributed by atoms with Crippen LogP contribution < -0.4 is 4.72 Å². The molecule has 7 heteroatoms. The van der Waals surface area contributed by atoms with Crippen LogP contribution in [0, 0.1) is 16.7 Å². The number of nitriles is 1. The number of thiophene rings is 1. The molecular formula is C12H18N2O3S2. The minimum absolute atomic E-state index is 0.104. The van der Waals surface area contributed by atoms with E-state index < -0.39 is 10.0 Å². The fraction of sp³-hybridized carbons (Fsp3) is 0.583. The number of aliphatic hydroxyl groups excluding tert-OH is 1. The molecule has 1 aromatic heterocycles. The Labute approximate surface area is 117 Å². The van der Waals surface area contributed by atoms with Gasteiger partial charge >= 0.3 is 0 Å². The lowest BCUT2D eigenvalue weighted by atomic mass is 9.88. The predicted molar refractivity (Wildman–Crippen MR) is 74.3 cm³/mol. The largest absolute Gasteiger partial charge is 0.396 e. The topological polar surface area (TPSA) is 90.2 Å². The summed E-state index contributed by atoms with van der Waals surface area (Å²) in [6.45, 7) is 4.29. The van der Waals surface area contributed by atoms with Gasteiger partial charge in [-0.05, 0) is 30.4 Å². The van der Waals surface area contributed by atoms with Crippen molar-refractivity contribution in [3.63, 3.8) is 0 Å². The highest BCUT2D eigenvalue weighted by atomic mass is 32.2. The molecule has 0 radical (unpaired) electrons. The van der Waals surface area contributed by atoms with Gasteiger partial charge in [-0.25, -0.2) is 13.1 Å². The predicted octanol–water partition coefficient (Wildman–Crippen LogP) is 1.70. The van der Waals surface area contributed by atoms with E-state index in [0.29, 0.717) is 17.8 Å². The van der Waals surface area contributed by atoms with Crippen LogP contribution in [0.5, 0.6) is 0 Å². The summed E-state index contributed by atoms with van der Waals surface area (Å²) in [6.07, 6.45) is 1.38. The summed E-state index contributed by atoms with van der Waals surface area (Å²) in [5.41, 5.74) is -0.217. The minimum Gasteiger partial charge on any atom is -0.396 e. The smallest absolute Gasteiger partial charge is 0.250 e. The van der Waals surface area contributed by atoms with Crippen LogP contribution in [0.4, 0.5) is 0 Å². The second-order valence-electron chi connectivity index (χ2n) is 5.05. The Kier molecular flexibility index (Phi) is 5.50. The second kappa shape index (κ2) is 6.48. The fourth-order valence-corrected chi connectivity index (χ4v) is 3.92. The molecule has 0 unspecified atom stereocenters. The quantitative estimate of drug-likeness (QED) is 0.802. The van der Waals surface area contributed by atoms with Crippen molar-refractivity contribution >= 4 is 21.4 Å². The molecule has 0 aliphatic carbocycles. The lowest BCUT2D eigenvalue weighted by molar-refractivity contribution is 0.242. The van der Waals surface area contributed by atoms with Gasteiger partial charge in [-0.15, -0.1) is 11.3 Å². The molecule has 0 saturated heterocycles. The summed E-state index contributed by atoms with van der Waals surface area (Å²) < 4.78 is 26.8. The van der Waals surface area contributed by atoms with Crippen LogP contribution in [-0.4, -0.2) is 26.7 Å². The van der Waals surface area contributed by atoms with E-state index in [2.05, 4.69) is 4.72 Å². The Morgan fingerprint density at radius 3 is 2.68 bits per heavy atom. The zero-order valence-electron chi connectivity index (χ0n) is 11.0. The molecule has 0 aliphatic heterocycles. The number of rotatable bonds is 7. The second-order valence-corrected chi connectivity index (χ2v) is 8.12. The average Bonchev–Trinajstić information content (AvgIpc) is 2.84. The summed E-state index contributed by atoms with van der Waals surface area (Å²) in [6, 6.07) is 4.85. The van der Waals surface area contributed by atoms with Crippen molar-refractivity contribution in [3.8, 4) is 6.07 Å². The van der Waals surface area contributed by atoms with E-state index in [1.165, 1.54) is 12.1 Å². The number of aliphatic hydroxyl groups is 1. The van der Waals surface area contributed by atoms with Crippen LogP contribution >= 0.6 is 11.3 Å². The van der Waals surface area contributed by atoms with Crippen LogP contribution in [0.15, 0.2) is 16.3 Å². The van der Waals surface area contributed by atoms with E-state index >= 15 is 0 Å².